The van der Waals surface area contributed by atoms with Crippen molar-refractivity contribution in [2.45, 2.75) is 38.9 Å². The van der Waals surface area contributed by atoms with E-state index in [9.17, 15) is 9.59 Å². The van der Waals surface area contributed by atoms with Gasteiger partial charge in [-0.25, -0.2) is 0 Å². The molecule has 0 unspecified atom stereocenters. The van der Waals surface area contributed by atoms with Crippen LogP contribution in [0.4, 0.5) is 0 Å². The lowest BCUT2D eigenvalue weighted by Gasteiger charge is -2.43. The van der Waals surface area contributed by atoms with Crippen LogP contribution < -0.4 is 5.32 Å². The van der Waals surface area contributed by atoms with E-state index in [0.29, 0.717) is 31.8 Å². The van der Waals surface area contributed by atoms with Gasteiger partial charge in [-0.2, -0.15) is 5.10 Å². The van der Waals surface area contributed by atoms with Gasteiger partial charge in [0.15, 0.2) is 0 Å². The van der Waals surface area contributed by atoms with Crippen LogP contribution >= 0.6 is 0 Å². The standard InChI is InChI=1S/C26H30N4O3/c1-19-9-7-10-20(15-19)17-29-24(31)23-16-22(21-11-5-4-6-12-21)28-30(23)18-26(29,2)25(32)27-13-8-14-33-3/h4-7,9-12,15-16H,8,13-14,17-18H2,1-3H3,(H,27,32)/t26-/m1/s1. The number of hydrogen-bond donors (Lipinski definition) is 1. The molecular weight excluding hydrogens is 416 g/mol. The Morgan fingerprint density at radius 1 is 1.15 bits per heavy atom. The van der Waals surface area contributed by atoms with E-state index in [2.05, 4.69) is 10.4 Å². The first-order valence-electron chi connectivity index (χ1n) is 11.2. The first-order chi connectivity index (χ1) is 15.9. The predicted octanol–water partition coefficient (Wildman–Crippen LogP) is 3.43. The Hall–Kier alpha value is -3.45. The fourth-order valence-electron chi connectivity index (χ4n) is 4.24. The first kappa shape index (κ1) is 22.7. The molecule has 1 N–H and O–H groups in total. The second-order valence-corrected chi connectivity index (χ2v) is 8.69. The van der Waals surface area contributed by atoms with E-state index in [4.69, 9.17) is 4.74 Å². The fraction of sp³-hybridized carbons (Fsp3) is 0.346. The number of nitrogens with one attached hydrogen (secondary N) is 1. The molecule has 7 heteroatoms. The van der Waals surface area contributed by atoms with Crippen molar-refractivity contribution in [2.75, 3.05) is 20.3 Å². The maximum atomic E-state index is 13.7. The van der Waals surface area contributed by atoms with Gasteiger partial charge in [0.05, 0.1) is 12.2 Å². The van der Waals surface area contributed by atoms with E-state index in [0.717, 1.165) is 22.4 Å². The van der Waals surface area contributed by atoms with Crippen molar-refractivity contribution in [2.24, 2.45) is 0 Å². The van der Waals surface area contributed by atoms with Crippen molar-refractivity contribution in [3.05, 3.63) is 77.5 Å². The van der Waals surface area contributed by atoms with Crippen LogP contribution in [0.3, 0.4) is 0 Å². The molecule has 0 aliphatic carbocycles. The van der Waals surface area contributed by atoms with Gasteiger partial charge in [-0.15, -0.1) is 0 Å². The highest BCUT2D eigenvalue weighted by atomic mass is 16.5. The zero-order chi connectivity index (χ0) is 23.4. The lowest BCUT2D eigenvalue weighted by Crippen LogP contribution is -2.63. The average Bonchev–Trinajstić information content (AvgIpc) is 3.24. The summed E-state index contributed by atoms with van der Waals surface area (Å²) in [4.78, 5) is 28.8. The molecular formula is C26H30N4O3. The molecule has 33 heavy (non-hydrogen) atoms. The molecule has 2 heterocycles. The highest BCUT2D eigenvalue weighted by Gasteiger charge is 2.47. The van der Waals surface area contributed by atoms with Crippen molar-refractivity contribution < 1.29 is 14.3 Å². The normalized spacial score (nSPS) is 17.7. The molecule has 1 aromatic heterocycles. The molecule has 172 valence electrons. The smallest absolute Gasteiger partial charge is 0.273 e. The molecule has 0 bridgehead atoms. The van der Waals surface area contributed by atoms with Crippen LogP contribution in [-0.4, -0.2) is 52.3 Å². The molecule has 0 saturated heterocycles. The van der Waals surface area contributed by atoms with Crippen molar-refractivity contribution >= 4 is 11.8 Å². The number of aryl methyl sites for hydroxylation is 1. The highest BCUT2D eigenvalue weighted by molar-refractivity contribution is 6.00. The Morgan fingerprint density at radius 2 is 1.94 bits per heavy atom. The molecule has 7 nitrogen and oxygen atoms in total. The summed E-state index contributed by atoms with van der Waals surface area (Å²) < 4.78 is 6.76. The molecule has 0 fully saturated rings. The average molecular weight is 447 g/mol. The molecule has 0 radical (unpaired) electrons. The molecule has 0 spiro atoms. The molecule has 4 rings (SSSR count). The van der Waals surface area contributed by atoms with E-state index in [1.54, 1.807) is 16.7 Å². The first-order valence-corrected chi connectivity index (χ1v) is 11.2. The summed E-state index contributed by atoms with van der Waals surface area (Å²) in [6, 6.07) is 19.6. The molecule has 2 amide bonds. The number of hydrogen-bond acceptors (Lipinski definition) is 4. The third-order valence-electron chi connectivity index (χ3n) is 6.09. The van der Waals surface area contributed by atoms with Gasteiger partial charge < -0.3 is 15.0 Å². The lowest BCUT2D eigenvalue weighted by atomic mass is 9.94. The molecule has 1 aliphatic rings. The van der Waals surface area contributed by atoms with Gasteiger partial charge in [0.25, 0.3) is 5.91 Å². The molecule has 2 aromatic carbocycles. The van der Waals surface area contributed by atoms with Crippen LogP contribution in [0.2, 0.25) is 0 Å². The van der Waals surface area contributed by atoms with Gasteiger partial charge >= 0.3 is 0 Å². The van der Waals surface area contributed by atoms with Gasteiger partial charge in [0.2, 0.25) is 5.91 Å². The number of fused-ring (bicyclic) bond motifs is 1. The van der Waals surface area contributed by atoms with Crippen LogP contribution in [0.1, 0.15) is 35.0 Å². The third kappa shape index (κ3) is 4.68. The summed E-state index contributed by atoms with van der Waals surface area (Å²) in [6.07, 6.45) is 0.704. The lowest BCUT2D eigenvalue weighted by molar-refractivity contribution is -0.133. The van der Waals surface area contributed by atoms with E-state index in [-0.39, 0.29) is 18.4 Å². The van der Waals surface area contributed by atoms with E-state index in [1.165, 1.54) is 0 Å². The Balaban J connectivity index is 1.69. The number of rotatable bonds is 8. The van der Waals surface area contributed by atoms with Crippen LogP contribution in [0, 0.1) is 6.92 Å². The van der Waals surface area contributed by atoms with E-state index < -0.39 is 5.54 Å². The van der Waals surface area contributed by atoms with Crippen molar-refractivity contribution in [1.29, 1.82) is 0 Å². The number of carbonyl (C=O) groups is 2. The number of amides is 2. The summed E-state index contributed by atoms with van der Waals surface area (Å²) >= 11 is 0. The number of nitrogens with zero attached hydrogens (tertiary/aromatic N) is 3. The van der Waals surface area contributed by atoms with E-state index in [1.807, 2.05) is 74.5 Å². The van der Waals surface area contributed by atoms with Gasteiger partial charge in [-0.3, -0.25) is 14.3 Å². The Bertz CT molecular complexity index is 1140. The van der Waals surface area contributed by atoms with Crippen LogP contribution in [-0.2, 0) is 22.6 Å². The molecule has 3 aromatic rings. The van der Waals surface area contributed by atoms with Crippen molar-refractivity contribution in [1.82, 2.24) is 20.0 Å². The fourth-order valence-corrected chi connectivity index (χ4v) is 4.24. The van der Waals surface area contributed by atoms with Gasteiger partial charge in [0.1, 0.15) is 11.2 Å². The summed E-state index contributed by atoms with van der Waals surface area (Å²) in [5.74, 6) is -0.394. The topological polar surface area (TPSA) is 76.5 Å². The second kappa shape index (κ2) is 9.58. The van der Waals surface area contributed by atoms with Crippen molar-refractivity contribution in [3.8, 4) is 11.3 Å². The minimum Gasteiger partial charge on any atom is -0.385 e. The summed E-state index contributed by atoms with van der Waals surface area (Å²) in [7, 11) is 1.64. The van der Waals surface area contributed by atoms with Crippen molar-refractivity contribution in [3.63, 3.8) is 0 Å². The largest absolute Gasteiger partial charge is 0.385 e. The Morgan fingerprint density at radius 3 is 2.67 bits per heavy atom. The molecule has 1 aliphatic heterocycles. The summed E-state index contributed by atoms with van der Waals surface area (Å²) in [6.45, 7) is 5.50. The zero-order valence-electron chi connectivity index (χ0n) is 19.4. The van der Waals surface area contributed by atoms with Crippen LogP contribution in [0.25, 0.3) is 11.3 Å². The minimum absolute atomic E-state index is 0.193. The van der Waals surface area contributed by atoms with Gasteiger partial charge in [-0.1, -0.05) is 60.2 Å². The Kier molecular flexibility index (Phi) is 6.60. The predicted molar refractivity (Wildman–Crippen MR) is 127 cm³/mol. The second-order valence-electron chi connectivity index (χ2n) is 8.69. The number of methoxy groups -OCH3 is 1. The van der Waals surface area contributed by atoms with Crippen LogP contribution in [0.15, 0.2) is 60.7 Å². The minimum atomic E-state index is -1.08. The number of ether oxygens (including phenoxy) is 1. The van der Waals surface area contributed by atoms with Crippen LogP contribution in [0.5, 0.6) is 0 Å². The summed E-state index contributed by atoms with van der Waals surface area (Å²) in [5, 5.41) is 7.67. The zero-order valence-corrected chi connectivity index (χ0v) is 19.4. The summed E-state index contributed by atoms with van der Waals surface area (Å²) in [5.41, 5.74) is 3.16. The number of carbonyl (C=O) groups excluding carboxylic acids is 2. The monoisotopic (exact) mass is 446 g/mol. The molecule has 1 atom stereocenters. The van der Waals surface area contributed by atoms with Gasteiger partial charge in [0, 0.05) is 32.4 Å². The molecule has 0 saturated carbocycles. The highest BCUT2D eigenvalue weighted by Crippen LogP contribution is 2.31. The SMILES string of the molecule is COCCCNC(=O)[C@@]1(C)Cn2nc(-c3ccccc3)cc2C(=O)N1Cc1cccc(C)c1. The Labute approximate surface area is 194 Å². The third-order valence-corrected chi connectivity index (χ3v) is 6.09. The quantitative estimate of drug-likeness (QED) is 0.538. The maximum absolute atomic E-state index is 13.7. The van der Waals surface area contributed by atoms with E-state index >= 15 is 0 Å². The van der Waals surface area contributed by atoms with Gasteiger partial charge in [-0.05, 0) is 31.9 Å². The number of aromatic nitrogens is 2. The maximum Gasteiger partial charge on any atom is 0.273 e. The number of benzene rings is 2.